The summed E-state index contributed by atoms with van der Waals surface area (Å²) in [5.41, 5.74) is 2.38. The average Bonchev–Trinajstić information content (AvgIpc) is 2.64. The van der Waals surface area contributed by atoms with Gasteiger partial charge in [-0.25, -0.2) is 0 Å². The van der Waals surface area contributed by atoms with Crippen molar-refractivity contribution in [2.75, 3.05) is 20.3 Å². The molecule has 136 valence electrons. The molecular formula is C20H27BrNO3+. The van der Waals surface area contributed by atoms with E-state index in [1.807, 2.05) is 30.3 Å². The first-order valence-electron chi connectivity index (χ1n) is 8.65. The largest absolute Gasteiger partial charge is 0.493 e. The van der Waals surface area contributed by atoms with E-state index in [1.165, 1.54) is 5.56 Å². The Morgan fingerprint density at radius 1 is 1.16 bits per heavy atom. The van der Waals surface area contributed by atoms with Crippen molar-refractivity contribution in [3.05, 3.63) is 58.1 Å². The van der Waals surface area contributed by atoms with E-state index >= 15 is 0 Å². The lowest BCUT2D eigenvalue weighted by Crippen LogP contribution is -2.89. The minimum Gasteiger partial charge on any atom is -0.493 e. The molecule has 1 atom stereocenters. The lowest BCUT2D eigenvalue weighted by molar-refractivity contribution is -0.706. The van der Waals surface area contributed by atoms with Gasteiger partial charge in [0.15, 0.2) is 11.5 Å². The number of halogens is 1. The van der Waals surface area contributed by atoms with E-state index in [0.29, 0.717) is 6.61 Å². The maximum Gasteiger partial charge on any atom is 0.162 e. The summed E-state index contributed by atoms with van der Waals surface area (Å²) in [4.78, 5) is 0. The average molecular weight is 409 g/mol. The van der Waals surface area contributed by atoms with Gasteiger partial charge in [0.05, 0.1) is 20.3 Å². The van der Waals surface area contributed by atoms with E-state index in [4.69, 9.17) is 9.47 Å². The van der Waals surface area contributed by atoms with Crippen LogP contribution < -0.4 is 14.8 Å². The third-order valence-corrected chi connectivity index (χ3v) is 4.99. The van der Waals surface area contributed by atoms with Gasteiger partial charge >= 0.3 is 0 Å². The third-order valence-electron chi connectivity index (χ3n) is 4.25. The smallest absolute Gasteiger partial charge is 0.162 e. The molecule has 0 aliphatic carbocycles. The number of hydrogen-bond acceptors (Lipinski definition) is 3. The minimum absolute atomic E-state index is 0.186. The van der Waals surface area contributed by atoms with Gasteiger partial charge in [-0.3, -0.25) is 0 Å². The van der Waals surface area contributed by atoms with Gasteiger partial charge in [-0.15, -0.1) is 0 Å². The normalized spacial score (nSPS) is 12.0. The molecule has 0 bridgehead atoms. The van der Waals surface area contributed by atoms with E-state index in [1.54, 1.807) is 7.11 Å². The second-order valence-corrected chi connectivity index (χ2v) is 6.82. The first kappa shape index (κ1) is 19.8. The van der Waals surface area contributed by atoms with Crippen molar-refractivity contribution in [2.24, 2.45) is 0 Å². The van der Waals surface area contributed by atoms with Gasteiger partial charge in [0.1, 0.15) is 12.6 Å². The SMILES string of the molecule is CC[C@@H](CO)[NH2+]Cc1cc(OC)c(OCCc2ccccc2)cc1Br. The molecule has 2 rings (SSSR count). The van der Waals surface area contributed by atoms with E-state index in [-0.39, 0.29) is 12.6 Å². The summed E-state index contributed by atoms with van der Waals surface area (Å²) in [6.45, 7) is 3.64. The molecule has 2 aromatic carbocycles. The van der Waals surface area contributed by atoms with Crippen LogP contribution in [0.15, 0.2) is 46.9 Å². The summed E-state index contributed by atoms with van der Waals surface area (Å²) in [5.74, 6) is 1.47. The summed E-state index contributed by atoms with van der Waals surface area (Å²) in [6, 6.07) is 14.5. The monoisotopic (exact) mass is 408 g/mol. The number of aliphatic hydroxyl groups excluding tert-OH is 1. The van der Waals surface area contributed by atoms with Crippen molar-refractivity contribution in [1.82, 2.24) is 0 Å². The molecule has 25 heavy (non-hydrogen) atoms. The molecule has 0 heterocycles. The number of nitrogens with two attached hydrogens (primary N) is 1. The highest BCUT2D eigenvalue weighted by Crippen LogP contribution is 2.33. The molecule has 0 saturated heterocycles. The van der Waals surface area contributed by atoms with Gasteiger partial charge in [0.2, 0.25) is 0 Å². The molecule has 0 fully saturated rings. The van der Waals surface area contributed by atoms with Gasteiger partial charge in [0.25, 0.3) is 0 Å². The Morgan fingerprint density at radius 3 is 2.56 bits per heavy atom. The van der Waals surface area contributed by atoms with Crippen LogP contribution >= 0.6 is 15.9 Å². The summed E-state index contributed by atoms with van der Waals surface area (Å²) in [5, 5.41) is 11.5. The van der Waals surface area contributed by atoms with Crippen LogP contribution in [0, 0.1) is 0 Å². The predicted octanol–water partition coefficient (Wildman–Crippen LogP) is 2.91. The van der Waals surface area contributed by atoms with E-state index in [9.17, 15) is 5.11 Å². The van der Waals surface area contributed by atoms with Crippen LogP contribution in [0.4, 0.5) is 0 Å². The van der Waals surface area contributed by atoms with Crippen molar-refractivity contribution in [3.8, 4) is 11.5 Å². The van der Waals surface area contributed by atoms with Gasteiger partial charge in [-0.2, -0.15) is 0 Å². The van der Waals surface area contributed by atoms with Crippen molar-refractivity contribution in [1.29, 1.82) is 0 Å². The first-order chi connectivity index (χ1) is 12.2. The van der Waals surface area contributed by atoms with Crippen LogP contribution in [-0.2, 0) is 13.0 Å². The molecule has 4 nitrogen and oxygen atoms in total. The molecule has 0 amide bonds. The molecule has 0 aliphatic rings. The molecule has 5 heteroatoms. The van der Waals surface area contributed by atoms with Crippen LogP contribution in [0.5, 0.6) is 11.5 Å². The second-order valence-electron chi connectivity index (χ2n) is 5.97. The lowest BCUT2D eigenvalue weighted by atomic mass is 10.1. The highest BCUT2D eigenvalue weighted by molar-refractivity contribution is 9.10. The summed E-state index contributed by atoms with van der Waals surface area (Å²) in [7, 11) is 1.66. The molecule has 0 radical (unpaired) electrons. The molecule has 0 aliphatic heterocycles. The second kappa shape index (κ2) is 10.4. The van der Waals surface area contributed by atoms with E-state index in [2.05, 4.69) is 40.3 Å². The molecule has 0 aromatic heterocycles. The Morgan fingerprint density at radius 2 is 1.92 bits per heavy atom. The standard InChI is InChI=1S/C20H26BrNO3/c1-3-17(14-23)22-13-16-11-19(24-2)20(12-18(16)21)25-10-9-15-7-5-4-6-8-15/h4-8,11-12,17,22-23H,3,9-10,13-14H2,1-2H3/p+1/t17-/m0/s1. The van der Waals surface area contributed by atoms with Gasteiger partial charge < -0.3 is 19.9 Å². The maximum atomic E-state index is 9.32. The predicted molar refractivity (Wildman–Crippen MR) is 103 cm³/mol. The first-order valence-corrected chi connectivity index (χ1v) is 9.44. The zero-order valence-corrected chi connectivity index (χ0v) is 16.5. The highest BCUT2D eigenvalue weighted by atomic mass is 79.9. The maximum absolute atomic E-state index is 9.32. The lowest BCUT2D eigenvalue weighted by Gasteiger charge is -2.15. The third kappa shape index (κ3) is 6.03. The Hall–Kier alpha value is -1.56. The van der Waals surface area contributed by atoms with Crippen LogP contribution in [-0.4, -0.2) is 31.5 Å². The Balaban J connectivity index is 2.00. The molecule has 3 N–H and O–H groups in total. The number of methoxy groups -OCH3 is 1. The fourth-order valence-electron chi connectivity index (χ4n) is 2.59. The minimum atomic E-state index is 0.186. The fraction of sp³-hybridized carbons (Fsp3) is 0.400. The number of benzene rings is 2. The zero-order valence-electron chi connectivity index (χ0n) is 14.9. The Labute approximate surface area is 158 Å². The molecule has 0 spiro atoms. The van der Waals surface area contributed by atoms with Crippen LogP contribution in [0.3, 0.4) is 0 Å². The number of aliphatic hydroxyl groups is 1. The number of ether oxygens (including phenoxy) is 2. The summed E-state index contributed by atoms with van der Waals surface area (Å²) in [6.07, 6.45) is 1.79. The van der Waals surface area contributed by atoms with Crippen molar-refractivity contribution in [3.63, 3.8) is 0 Å². The van der Waals surface area contributed by atoms with Crippen molar-refractivity contribution < 1.29 is 19.9 Å². The van der Waals surface area contributed by atoms with Crippen molar-refractivity contribution in [2.45, 2.75) is 32.4 Å². The van der Waals surface area contributed by atoms with Crippen LogP contribution in [0.25, 0.3) is 0 Å². The highest BCUT2D eigenvalue weighted by Gasteiger charge is 2.14. The Bertz CT molecular complexity index is 645. The van der Waals surface area contributed by atoms with E-state index < -0.39 is 0 Å². The topological polar surface area (TPSA) is 55.3 Å². The number of quaternary nitrogens is 1. The van der Waals surface area contributed by atoms with Gasteiger partial charge in [-0.05, 0) is 24.1 Å². The van der Waals surface area contributed by atoms with Crippen LogP contribution in [0.2, 0.25) is 0 Å². The summed E-state index contributed by atoms with van der Waals surface area (Å²) >= 11 is 3.62. The summed E-state index contributed by atoms with van der Waals surface area (Å²) < 4.78 is 12.4. The van der Waals surface area contributed by atoms with Crippen molar-refractivity contribution >= 4 is 15.9 Å². The molecule has 0 saturated carbocycles. The molecule has 2 aromatic rings. The molecular weight excluding hydrogens is 382 g/mol. The quantitative estimate of drug-likeness (QED) is 0.635. The number of rotatable bonds is 10. The van der Waals surface area contributed by atoms with E-state index in [0.717, 1.165) is 40.9 Å². The molecule has 0 unspecified atom stereocenters. The zero-order chi connectivity index (χ0) is 18.1. The Kier molecular flexibility index (Phi) is 8.25. The van der Waals surface area contributed by atoms with Crippen LogP contribution in [0.1, 0.15) is 24.5 Å². The van der Waals surface area contributed by atoms with Gasteiger partial charge in [-0.1, -0.05) is 53.2 Å². The fourth-order valence-corrected chi connectivity index (χ4v) is 3.08. The number of hydrogen-bond donors (Lipinski definition) is 2. The van der Waals surface area contributed by atoms with Gasteiger partial charge in [0, 0.05) is 16.5 Å².